The van der Waals surface area contributed by atoms with Crippen LogP contribution in [0.15, 0.2) is 60.7 Å². The molecule has 1 saturated heterocycles. The number of benzene rings is 2. The van der Waals surface area contributed by atoms with E-state index in [1.807, 2.05) is 19.2 Å². The number of rotatable bonds is 5. The van der Waals surface area contributed by atoms with Gasteiger partial charge in [-0.1, -0.05) is 74.5 Å². The summed E-state index contributed by atoms with van der Waals surface area (Å²) in [6.45, 7) is 4.91. The summed E-state index contributed by atoms with van der Waals surface area (Å²) in [5.41, 5.74) is 2.72. The van der Waals surface area contributed by atoms with Crippen LogP contribution >= 0.6 is 0 Å². The topological polar surface area (TPSA) is 49.4 Å². The van der Waals surface area contributed by atoms with Crippen molar-refractivity contribution in [3.63, 3.8) is 0 Å². The normalized spacial score (nSPS) is 37.1. The molecule has 3 aliphatic carbocycles. The Kier molecular flexibility index (Phi) is 6.64. The predicted octanol–water partition coefficient (Wildman–Crippen LogP) is 6.57. The summed E-state index contributed by atoms with van der Waals surface area (Å²) in [6, 6.07) is 21.4. The summed E-state index contributed by atoms with van der Waals surface area (Å²) in [7, 11) is 2.03. The van der Waals surface area contributed by atoms with E-state index in [1.165, 1.54) is 30.4 Å². The maximum Gasteiger partial charge on any atom is 0.224 e. The van der Waals surface area contributed by atoms with E-state index in [0.717, 1.165) is 32.1 Å². The third-order valence-electron chi connectivity index (χ3n) is 11.7. The van der Waals surface area contributed by atoms with Gasteiger partial charge in [-0.3, -0.25) is 9.59 Å². The van der Waals surface area contributed by atoms with Crippen molar-refractivity contribution < 1.29 is 9.59 Å². The molecule has 8 atom stereocenters. The Bertz CT molecular complexity index is 1170. The number of fused-ring (bicyclic) bond motifs is 5. The Labute approximate surface area is 228 Å². The van der Waals surface area contributed by atoms with Gasteiger partial charge in [0.1, 0.15) is 0 Å². The molecule has 1 N–H and O–H groups in total. The molecule has 4 aliphatic rings. The minimum atomic E-state index is -0.0187. The molecule has 0 unspecified atom stereocenters. The van der Waals surface area contributed by atoms with Crippen LogP contribution in [0.1, 0.15) is 82.4 Å². The summed E-state index contributed by atoms with van der Waals surface area (Å²) >= 11 is 0. The van der Waals surface area contributed by atoms with Crippen LogP contribution in [-0.2, 0) is 16.0 Å². The van der Waals surface area contributed by atoms with Crippen molar-refractivity contribution in [1.29, 1.82) is 0 Å². The SMILES string of the molecule is CN1C(=O)CC[C@]2(C)[C@H]3CC[C@]4(C)[C@@H](C(=O)N[C@H](Cc5ccccc5)c5ccccc5)CC[C@H]4[C@@H]3CC[C@@H]12. The molecule has 4 heteroatoms. The number of nitrogens with zero attached hydrogens (tertiary/aromatic N) is 1. The number of hydrogen-bond acceptors (Lipinski definition) is 2. The molecule has 0 aromatic heterocycles. The smallest absolute Gasteiger partial charge is 0.224 e. The van der Waals surface area contributed by atoms with Gasteiger partial charge in [0, 0.05) is 25.4 Å². The van der Waals surface area contributed by atoms with E-state index < -0.39 is 0 Å². The number of carbonyl (C=O) groups is 2. The number of carbonyl (C=O) groups excluding carboxylic acids is 2. The molecule has 1 aliphatic heterocycles. The second-order valence-corrected chi connectivity index (χ2v) is 13.3. The Morgan fingerprint density at radius 1 is 0.895 bits per heavy atom. The third-order valence-corrected chi connectivity index (χ3v) is 11.7. The molecular formula is C34H44N2O2. The van der Waals surface area contributed by atoms with Gasteiger partial charge in [-0.15, -0.1) is 0 Å². The lowest BCUT2D eigenvalue weighted by atomic mass is 9.47. The molecule has 4 nitrogen and oxygen atoms in total. The van der Waals surface area contributed by atoms with Gasteiger partial charge in [0.2, 0.25) is 11.8 Å². The predicted molar refractivity (Wildman–Crippen MR) is 151 cm³/mol. The summed E-state index contributed by atoms with van der Waals surface area (Å²) in [5.74, 6) is 2.63. The van der Waals surface area contributed by atoms with Gasteiger partial charge in [0.05, 0.1) is 6.04 Å². The minimum absolute atomic E-state index is 0.0187. The zero-order chi connectivity index (χ0) is 26.5. The molecule has 202 valence electrons. The highest BCUT2D eigenvalue weighted by atomic mass is 16.2. The highest BCUT2D eigenvalue weighted by Crippen LogP contribution is 2.66. The van der Waals surface area contributed by atoms with Crippen LogP contribution in [0.3, 0.4) is 0 Å². The van der Waals surface area contributed by atoms with Gasteiger partial charge in [-0.2, -0.15) is 0 Å². The van der Waals surface area contributed by atoms with E-state index in [-0.39, 0.29) is 28.7 Å². The Balaban J connectivity index is 1.21. The zero-order valence-electron chi connectivity index (χ0n) is 23.4. The molecule has 2 aromatic rings. The van der Waals surface area contributed by atoms with E-state index in [2.05, 4.69) is 72.6 Å². The van der Waals surface area contributed by atoms with Crippen molar-refractivity contribution in [3.8, 4) is 0 Å². The highest BCUT2D eigenvalue weighted by Gasteiger charge is 2.62. The summed E-state index contributed by atoms with van der Waals surface area (Å²) in [4.78, 5) is 28.6. The lowest BCUT2D eigenvalue weighted by Crippen LogP contribution is -2.61. The van der Waals surface area contributed by atoms with Crippen molar-refractivity contribution in [2.45, 2.75) is 83.7 Å². The number of piperidine rings is 1. The maximum absolute atomic E-state index is 14.1. The summed E-state index contributed by atoms with van der Waals surface area (Å²) in [5, 5.41) is 3.53. The van der Waals surface area contributed by atoms with Gasteiger partial charge in [0.25, 0.3) is 0 Å². The molecule has 6 rings (SSSR count). The largest absolute Gasteiger partial charge is 0.349 e. The standard InChI is InChI=1S/C34H44N2O2/c1-33-20-18-27-25(14-17-30-34(27,2)21-19-31(37)36(30)3)26(33)15-16-28(33)32(38)35-29(24-12-8-5-9-13-24)22-23-10-6-4-7-11-23/h4-13,25-30H,14-22H2,1-3H3,(H,35,38)/t25-,26-,27-,28+,29+,30+,33-,34+/m0/s1. The zero-order valence-corrected chi connectivity index (χ0v) is 23.4. The maximum atomic E-state index is 14.1. The average Bonchev–Trinajstić information content (AvgIpc) is 3.29. The molecular weight excluding hydrogens is 468 g/mol. The number of amides is 2. The second kappa shape index (κ2) is 9.84. The highest BCUT2D eigenvalue weighted by molar-refractivity contribution is 5.80. The molecule has 0 spiro atoms. The van der Waals surface area contributed by atoms with Crippen molar-refractivity contribution in [2.24, 2.45) is 34.5 Å². The van der Waals surface area contributed by atoms with Crippen LogP contribution in [0.4, 0.5) is 0 Å². The fourth-order valence-corrected chi connectivity index (χ4v) is 9.64. The lowest BCUT2D eigenvalue weighted by Gasteiger charge is -2.61. The van der Waals surface area contributed by atoms with Gasteiger partial charge >= 0.3 is 0 Å². The van der Waals surface area contributed by atoms with E-state index >= 15 is 0 Å². The van der Waals surface area contributed by atoms with E-state index in [4.69, 9.17) is 0 Å². The second-order valence-electron chi connectivity index (χ2n) is 13.3. The van der Waals surface area contributed by atoms with Gasteiger partial charge in [-0.05, 0) is 91.1 Å². The van der Waals surface area contributed by atoms with Gasteiger partial charge in [0.15, 0.2) is 0 Å². The first-order valence-corrected chi connectivity index (χ1v) is 15.0. The minimum Gasteiger partial charge on any atom is -0.349 e. The average molecular weight is 513 g/mol. The van der Waals surface area contributed by atoms with Crippen LogP contribution in [0.25, 0.3) is 0 Å². The number of nitrogens with one attached hydrogen (secondary N) is 1. The quantitative estimate of drug-likeness (QED) is 0.493. The monoisotopic (exact) mass is 512 g/mol. The molecule has 4 fully saturated rings. The Morgan fingerprint density at radius 3 is 2.32 bits per heavy atom. The van der Waals surface area contributed by atoms with Crippen molar-refractivity contribution >= 4 is 11.8 Å². The van der Waals surface area contributed by atoms with E-state index in [1.54, 1.807) is 0 Å². The van der Waals surface area contributed by atoms with Crippen LogP contribution in [0.5, 0.6) is 0 Å². The van der Waals surface area contributed by atoms with E-state index in [9.17, 15) is 9.59 Å². The van der Waals surface area contributed by atoms with Crippen molar-refractivity contribution in [3.05, 3.63) is 71.8 Å². The molecule has 3 saturated carbocycles. The third kappa shape index (κ3) is 4.19. The first-order chi connectivity index (χ1) is 18.3. The molecule has 0 bridgehead atoms. The number of hydrogen-bond donors (Lipinski definition) is 1. The molecule has 2 amide bonds. The fourth-order valence-electron chi connectivity index (χ4n) is 9.64. The van der Waals surface area contributed by atoms with Gasteiger partial charge in [-0.25, -0.2) is 0 Å². The molecule has 38 heavy (non-hydrogen) atoms. The van der Waals surface area contributed by atoms with Crippen molar-refractivity contribution in [1.82, 2.24) is 10.2 Å². The molecule has 2 aromatic carbocycles. The van der Waals surface area contributed by atoms with E-state index in [0.29, 0.717) is 36.1 Å². The van der Waals surface area contributed by atoms with Crippen LogP contribution in [-0.4, -0.2) is 29.8 Å². The lowest BCUT2D eigenvalue weighted by molar-refractivity contribution is -0.159. The number of likely N-dealkylation sites (tertiary alicyclic amines) is 1. The molecule has 1 heterocycles. The molecule has 0 radical (unpaired) electrons. The summed E-state index contributed by atoms with van der Waals surface area (Å²) in [6.07, 6.45) is 9.36. The van der Waals surface area contributed by atoms with Crippen LogP contribution < -0.4 is 5.32 Å². The Morgan fingerprint density at radius 2 is 1.58 bits per heavy atom. The van der Waals surface area contributed by atoms with Crippen molar-refractivity contribution in [2.75, 3.05) is 7.05 Å². The van der Waals surface area contributed by atoms with Crippen LogP contribution in [0.2, 0.25) is 0 Å². The fraction of sp³-hybridized carbons (Fsp3) is 0.588. The summed E-state index contributed by atoms with van der Waals surface area (Å²) < 4.78 is 0. The van der Waals surface area contributed by atoms with Gasteiger partial charge < -0.3 is 10.2 Å². The Hall–Kier alpha value is -2.62. The first kappa shape index (κ1) is 25.6. The van der Waals surface area contributed by atoms with Crippen LogP contribution in [0, 0.1) is 34.5 Å². The first-order valence-electron chi connectivity index (χ1n) is 15.0.